The molecule has 0 spiro atoms. The van der Waals surface area contributed by atoms with Crippen molar-refractivity contribution in [2.24, 2.45) is 5.73 Å². The molecule has 18 heavy (non-hydrogen) atoms. The molecule has 0 fully saturated rings. The van der Waals surface area contributed by atoms with Crippen LogP contribution in [0.4, 0.5) is 8.78 Å². The number of hydrogen-bond acceptors (Lipinski definition) is 4. The summed E-state index contributed by atoms with van der Waals surface area (Å²) in [5, 5.41) is 0. The van der Waals surface area contributed by atoms with Gasteiger partial charge in [0.1, 0.15) is 0 Å². The van der Waals surface area contributed by atoms with Crippen molar-refractivity contribution in [1.29, 1.82) is 0 Å². The van der Waals surface area contributed by atoms with Crippen LogP contribution in [-0.4, -0.2) is 23.2 Å². The first-order valence-electron chi connectivity index (χ1n) is 5.36. The molecule has 0 radical (unpaired) electrons. The third-order valence-corrected chi connectivity index (χ3v) is 2.59. The standard InChI is InChI=1S/C12H13F2N3O/c1-18-12-9(13)5-8(6-16-12)7-17-10(14)3-2-4-11(17)15/h2-6,11H,7,15H2,1H3. The zero-order chi connectivity index (χ0) is 13.1. The molecule has 1 aromatic heterocycles. The second-order valence-electron chi connectivity index (χ2n) is 3.83. The highest BCUT2D eigenvalue weighted by atomic mass is 19.1. The van der Waals surface area contributed by atoms with E-state index in [0.29, 0.717) is 5.56 Å². The van der Waals surface area contributed by atoms with Crippen molar-refractivity contribution in [2.45, 2.75) is 12.7 Å². The van der Waals surface area contributed by atoms with Gasteiger partial charge in [-0.1, -0.05) is 6.08 Å². The Bertz CT molecular complexity index is 502. The Kier molecular flexibility index (Phi) is 3.57. The molecule has 2 heterocycles. The minimum absolute atomic E-state index is 0.0856. The van der Waals surface area contributed by atoms with Gasteiger partial charge in [-0.05, 0) is 23.8 Å². The molecule has 4 nitrogen and oxygen atoms in total. The second-order valence-corrected chi connectivity index (χ2v) is 3.83. The van der Waals surface area contributed by atoms with Gasteiger partial charge >= 0.3 is 0 Å². The summed E-state index contributed by atoms with van der Waals surface area (Å²) < 4.78 is 31.7. The van der Waals surface area contributed by atoms with Gasteiger partial charge in [-0.2, -0.15) is 4.39 Å². The first-order valence-corrected chi connectivity index (χ1v) is 5.36. The lowest BCUT2D eigenvalue weighted by molar-refractivity contribution is 0.220. The maximum absolute atomic E-state index is 13.5. The summed E-state index contributed by atoms with van der Waals surface area (Å²) in [5.74, 6) is -1.13. The highest BCUT2D eigenvalue weighted by Crippen LogP contribution is 2.20. The molecule has 0 bridgehead atoms. The van der Waals surface area contributed by atoms with Crippen LogP contribution in [0.15, 0.2) is 36.4 Å². The quantitative estimate of drug-likeness (QED) is 0.833. The van der Waals surface area contributed by atoms with E-state index in [9.17, 15) is 8.78 Å². The van der Waals surface area contributed by atoms with E-state index < -0.39 is 17.9 Å². The number of nitrogens with two attached hydrogens (primary N) is 1. The summed E-state index contributed by atoms with van der Waals surface area (Å²) >= 11 is 0. The normalized spacial score (nSPS) is 18.8. The molecule has 1 aliphatic heterocycles. The van der Waals surface area contributed by atoms with Crippen LogP contribution in [0.2, 0.25) is 0 Å². The van der Waals surface area contributed by atoms with Crippen molar-refractivity contribution < 1.29 is 13.5 Å². The molecule has 1 atom stereocenters. The number of pyridine rings is 1. The summed E-state index contributed by atoms with van der Waals surface area (Å²) in [6.07, 6.45) is 5.36. The summed E-state index contributed by atoms with van der Waals surface area (Å²) in [4.78, 5) is 5.10. The van der Waals surface area contributed by atoms with Crippen LogP contribution in [0, 0.1) is 5.82 Å². The third kappa shape index (κ3) is 2.48. The van der Waals surface area contributed by atoms with Gasteiger partial charge in [-0.25, -0.2) is 9.37 Å². The summed E-state index contributed by atoms with van der Waals surface area (Å²) in [6, 6.07) is 1.25. The van der Waals surface area contributed by atoms with E-state index in [1.165, 1.54) is 30.3 Å². The average Bonchev–Trinajstić information content (AvgIpc) is 2.34. The smallest absolute Gasteiger partial charge is 0.250 e. The van der Waals surface area contributed by atoms with Crippen molar-refractivity contribution in [3.8, 4) is 5.88 Å². The minimum atomic E-state index is -0.583. The average molecular weight is 253 g/mol. The number of ether oxygens (including phenoxy) is 1. The van der Waals surface area contributed by atoms with Crippen LogP contribution in [0.5, 0.6) is 5.88 Å². The second kappa shape index (κ2) is 5.14. The van der Waals surface area contributed by atoms with Crippen LogP contribution >= 0.6 is 0 Å². The van der Waals surface area contributed by atoms with Gasteiger partial charge in [-0.15, -0.1) is 0 Å². The summed E-state index contributed by atoms with van der Waals surface area (Å²) in [5.41, 5.74) is 6.25. The van der Waals surface area contributed by atoms with Crippen molar-refractivity contribution in [2.75, 3.05) is 7.11 Å². The molecule has 0 amide bonds. The molecule has 1 aromatic rings. The molecule has 0 aliphatic carbocycles. The Balaban J connectivity index is 2.17. The summed E-state index contributed by atoms with van der Waals surface area (Å²) in [7, 11) is 1.33. The van der Waals surface area contributed by atoms with E-state index in [-0.39, 0.29) is 12.4 Å². The highest BCUT2D eigenvalue weighted by Gasteiger charge is 2.18. The maximum Gasteiger partial charge on any atom is 0.250 e. The van der Waals surface area contributed by atoms with E-state index in [0.717, 1.165) is 0 Å². The molecule has 96 valence electrons. The largest absolute Gasteiger partial charge is 0.479 e. The van der Waals surface area contributed by atoms with E-state index in [4.69, 9.17) is 10.5 Å². The van der Waals surface area contributed by atoms with Crippen LogP contribution in [-0.2, 0) is 6.54 Å². The Morgan fingerprint density at radius 1 is 1.50 bits per heavy atom. The fourth-order valence-corrected chi connectivity index (χ4v) is 1.67. The van der Waals surface area contributed by atoms with Gasteiger partial charge in [0.05, 0.1) is 13.3 Å². The van der Waals surface area contributed by atoms with E-state index in [2.05, 4.69) is 4.98 Å². The molecule has 2 N–H and O–H groups in total. The van der Waals surface area contributed by atoms with E-state index >= 15 is 0 Å². The monoisotopic (exact) mass is 253 g/mol. The Morgan fingerprint density at radius 2 is 2.28 bits per heavy atom. The van der Waals surface area contributed by atoms with E-state index in [1.54, 1.807) is 12.2 Å². The van der Waals surface area contributed by atoms with Gasteiger partial charge in [-0.3, -0.25) is 0 Å². The van der Waals surface area contributed by atoms with Gasteiger partial charge in [0.2, 0.25) is 5.88 Å². The molecule has 2 rings (SSSR count). The van der Waals surface area contributed by atoms with Crippen molar-refractivity contribution in [3.63, 3.8) is 0 Å². The first-order chi connectivity index (χ1) is 8.61. The number of hydrogen-bond donors (Lipinski definition) is 1. The number of nitrogens with zero attached hydrogens (tertiary/aromatic N) is 2. The van der Waals surface area contributed by atoms with Gasteiger partial charge < -0.3 is 15.4 Å². The van der Waals surface area contributed by atoms with Crippen molar-refractivity contribution in [3.05, 3.63) is 47.8 Å². The SMILES string of the molecule is COc1ncc(CN2C(F)=CC=CC2N)cc1F. The number of aromatic nitrogens is 1. The van der Waals surface area contributed by atoms with Crippen LogP contribution in [0.3, 0.4) is 0 Å². The van der Waals surface area contributed by atoms with Crippen LogP contribution < -0.4 is 10.5 Å². The molecular weight excluding hydrogens is 240 g/mol. The first kappa shape index (κ1) is 12.5. The van der Waals surface area contributed by atoms with Gasteiger partial charge in [0.25, 0.3) is 0 Å². The zero-order valence-electron chi connectivity index (χ0n) is 9.81. The molecular formula is C12H13F2N3O. The van der Waals surface area contributed by atoms with Gasteiger partial charge in [0, 0.05) is 12.7 Å². The van der Waals surface area contributed by atoms with E-state index in [1.807, 2.05) is 0 Å². The number of halogens is 2. The lowest BCUT2D eigenvalue weighted by Crippen LogP contribution is -2.39. The molecule has 0 saturated carbocycles. The Morgan fingerprint density at radius 3 is 2.89 bits per heavy atom. The maximum atomic E-state index is 13.5. The third-order valence-electron chi connectivity index (χ3n) is 2.59. The number of rotatable bonds is 3. The van der Waals surface area contributed by atoms with Crippen LogP contribution in [0.1, 0.15) is 5.56 Å². The number of allylic oxidation sites excluding steroid dienone is 2. The molecule has 0 saturated heterocycles. The molecule has 6 heteroatoms. The Labute approximate surface area is 103 Å². The summed E-state index contributed by atoms with van der Waals surface area (Å²) in [6.45, 7) is 0.141. The highest BCUT2D eigenvalue weighted by molar-refractivity contribution is 5.22. The van der Waals surface area contributed by atoms with Crippen molar-refractivity contribution >= 4 is 0 Å². The van der Waals surface area contributed by atoms with Crippen LogP contribution in [0.25, 0.3) is 0 Å². The number of methoxy groups -OCH3 is 1. The van der Waals surface area contributed by atoms with Gasteiger partial charge in [0.15, 0.2) is 11.8 Å². The predicted molar refractivity (Wildman–Crippen MR) is 62.6 cm³/mol. The zero-order valence-corrected chi connectivity index (χ0v) is 9.81. The molecule has 1 aliphatic rings. The fourth-order valence-electron chi connectivity index (χ4n) is 1.67. The lowest BCUT2D eigenvalue weighted by atomic mass is 10.2. The van der Waals surface area contributed by atoms with Crippen molar-refractivity contribution in [1.82, 2.24) is 9.88 Å². The fraction of sp³-hybridized carbons (Fsp3) is 0.250. The minimum Gasteiger partial charge on any atom is -0.479 e. The molecule has 1 unspecified atom stereocenters. The Hall–Kier alpha value is -1.95. The predicted octanol–water partition coefficient (Wildman–Crippen LogP) is 1.70. The topological polar surface area (TPSA) is 51.4 Å². The molecule has 0 aromatic carbocycles. The lowest BCUT2D eigenvalue weighted by Gasteiger charge is -2.29.